The van der Waals surface area contributed by atoms with Gasteiger partial charge in [0.2, 0.25) is 0 Å². The highest BCUT2D eigenvalue weighted by Crippen LogP contribution is 2.24. The fourth-order valence-corrected chi connectivity index (χ4v) is 1.86. The first-order chi connectivity index (χ1) is 8.49. The van der Waals surface area contributed by atoms with E-state index in [0.717, 1.165) is 17.3 Å². The van der Waals surface area contributed by atoms with Crippen molar-refractivity contribution in [2.24, 2.45) is 0 Å². The van der Waals surface area contributed by atoms with E-state index in [1.165, 1.54) is 0 Å². The lowest BCUT2D eigenvalue weighted by Crippen LogP contribution is -2.15. The Bertz CT molecular complexity index is 674. The molecular formula is C13H12N2O3. The molecule has 0 aliphatic carbocycles. The van der Waals surface area contributed by atoms with Crippen LogP contribution < -0.4 is 5.69 Å². The van der Waals surface area contributed by atoms with Crippen LogP contribution in [0.3, 0.4) is 0 Å². The zero-order valence-electron chi connectivity index (χ0n) is 10.0. The number of carbonyl (C=O) groups is 1. The number of aromatic carboxylic acids is 1. The number of aromatic nitrogens is 2. The Morgan fingerprint density at radius 2 is 2.06 bits per heavy atom. The van der Waals surface area contributed by atoms with Crippen molar-refractivity contribution < 1.29 is 9.90 Å². The summed E-state index contributed by atoms with van der Waals surface area (Å²) in [7, 11) is 0. The zero-order valence-corrected chi connectivity index (χ0v) is 10.0. The first kappa shape index (κ1) is 12.0. The number of hydrogen-bond acceptors (Lipinski definition) is 3. The maximum absolute atomic E-state index is 11.3. The van der Waals surface area contributed by atoms with Gasteiger partial charge in [-0.2, -0.15) is 0 Å². The molecule has 0 bridgehead atoms. The number of carboxylic acids is 1. The van der Waals surface area contributed by atoms with E-state index < -0.39 is 11.7 Å². The Morgan fingerprint density at radius 3 is 2.67 bits per heavy atom. The molecule has 2 rings (SSSR count). The largest absolute Gasteiger partial charge is 0.478 e. The lowest BCUT2D eigenvalue weighted by Gasteiger charge is -2.09. The number of nitrogens with one attached hydrogen (secondary N) is 1. The molecule has 18 heavy (non-hydrogen) atoms. The van der Waals surface area contributed by atoms with E-state index >= 15 is 0 Å². The second-order valence-electron chi connectivity index (χ2n) is 4.10. The average molecular weight is 244 g/mol. The van der Waals surface area contributed by atoms with E-state index in [9.17, 15) is 9.59 Å². The predicted octanol–water partition coefficient (Wildman–Crippen LogP) is 1.75. The van der Waals surface area contributed by atoms with Crippen molar-refractivity contribution in [2.75, 3.05) is 0 Å². The molecule has 1 aromatic carbocycles. The maximum Gasteiger partial charge on any atom is 0.345 e. The molecule has 0 saturated carbocycles. The standard InChI is InChI=1S/C13H12N2O3/c1-7-3-4-9(8(2)5-7)11-10(12(16)17)6-14-13(18)15-11/h3-6H,1-2H3,(H,16,17)(H,14,15,18). The summed E-state index contributed by atoms with van der Waals surface area (Å²) in [4.78, 5) is 28.3. The minimum atomic E-state index is -1.12. The molecule has 1 aromatic heterocycles. The van der Waals surface area contributed by atoms with Gasteiger partial charge in [-0.15, -0.1) is 0 Å². The van der Waals surface area contributed by atoms with Crippen LogP contribution in [0.2, 0.25) is 0 Å². The van der Waals surface area contributed by atoms with E-state index in [2.05, 4.69) is 9.97 Å². The van der Waals surface area contributed by atoms with E-state index in [1.54, 1.807) is 6.07 Å². The summed E-state index contributed by atoms with van der Waals surface area (Å²) in [6.07, 6.45) is 1.08. The SMILES string of the molecule is Cc1ccc(-c2[nH]c(=O)ncc2C(=O)O)c(C)c1. The molecule has 0 saturated heterocycles. The van der Waals surface area contributed by atoms with Gasteiger partial charge in [-0.1, -0.05) is 23.8 Å². The Labute approximate surface area is 103 Å². The highest BCUT2D eigenvalue weighted by molar-refractivity contribution is 5.94. The lowest BCUT2D eigenvalue weighted by atomic mass is 10.0. The number of aromatic amines is 1. The molecule has 2 aromatic rings. The van der Waals surface area contributed by atoms with Crippen molar-refractivity contribution in [3.05, 3.63) is 51.6 Å². The van der Waals surface area contributed by atoms with Crippen molar-refractivity contribution in [1.82, 2.24) is 9.97 Å². The summed E-state index contributed by atoms with van der Waals surface area (Å²) in [6.45, 7) is 3.82. The van der Waals surface area contributed by atoms with Gasteiger partial charge in [0.1, 0.15) is 5.56 Å². The highest BCUT2D eigenvalue weighted by Gasteiger charge is 2.14. The van der Waals surface area contributed by atoms with Crippen LogP contribution in [0.5, 0.6) is 0 Å². The summed E-state index contributed by atoms with van der Waals surface area (Å²) < 4.78 is 0. The maximum atomic E-state index is 11.3. The average Bonchev–Trinajstić information content (AvgIpc) is 2.28. The number of nitrogens with zero attached hydrogens (tertiary/aromatic N) is 1. The molecule has 0 atom stereocenters. The Balaban J connectivity index is 2.73. The van der Waals surface area contributed by atoms with Crippen LogP contribution in [-0.2, 0) is 0 Å². The second kappa shape index (κ2) is 4.44. The summed E-state index contributed by atoms with van der Waals surface area (Å²) in [6, 6.07) is 5.59. The van der Waals surface area contributed by atoms with Gasteiger partial charge in [-0.3, -0.25) is 0 Å². The number of benzene rings is 1. The molecule has 0 aliphatic heterocycles. The molecule has 0 aliphatic rings. The van der Waals surface area contributed by atoms with E-state index in [4.69, 9.17) is 5.11 Å². The molecular weight excluding hydrogens is 232 g/mol. The van der Waals surface area contributed by atoms with Crippen molar-refractivity contribution in [2.45, 2.75) is 13.8 Å². The van der Waals surface area contributed by atoms with Gasteiger partial charge < -0.3 is 10.1 Å². The van der Waals surface area contributed by atoms with Gasteiger partial charge in [-0.05, 0) is 19.4 Å². The Hall–Kier alpha value is -2.43. The molecule has 0 radical (unpaired) electrons. The first-order valence-electron chi connectivity index (χ1n) is 5.39. The zero-order chi connectivity index (χ0) is 13.3. The van der Waals surface area contributed by atoms with Gasteiger partial charge >= 0.3 is 11.7 Å². The molecule has 5 heteroatoms. The monoisotopic (exact) mass is 244 g/mol. The van der Waals surface area contributed by atoms with E-state index in [0.29, 0.717) is 11.3 Å². The summed E-state index contributed by atoms with van der Waals surface area (Å²) in [5.41, 5.74) is 2.39. The number of hydrogen-bond donors (Lipinski definition) is 2. The van der Waals surface area contributed by atoms with E-state index in [-0.39, 0.29) is 5.56 Å². The Morgan fingerprint density at radius 1 is 1.33 bits per heavy atom. The van der Waals surface area contributed by atoms with Gasteiger partial charge in [0, 0.05) is 11.8 Å². The second-order valence-corrected chi connectivity index (χ2v) is 4.10. The smallest absolute Gasteiger partial charge is 0.345 e. The number of aryl methyl sites for hydroxylation is 2. The van der Waals surface area contributed by atoms with Crippen LogP contribution in [0, 0.1) is 13.8 Å². The molecule has 2 N–H and O–H groups in total. The first-order valence-corrected chi connectivity index (χ1v) is 5.39. The third kappa shape index (κ3) is 2.15. The normalized spacial score (nSPS) is 10.3. The summed E-state index contributed by atoms with van der Waals surface area (Å²) in [5, 5.41) is 9.10. The van der Waals surface area contributed by atoms with Crippen LogP contribution in [0.25, 0.3) is 11.3 Å². The van der Waals surface area contributed by atoms with Crippen LogP contribution >= 0.6 is 0 Å². The number of H-pyrrole nitrogens is 1. The Kier molecular flexibility index (Phi) is 2.97. The molecule has 0 fully saturated rings. The quantitative estimate of drug-likeness (QED) is 0.843. The van der Waals surface area contributed by atoms with Crippen LogP contribution in [0.4, 0.5) is 0 Å². The third-order valence-electron chi connectivity index (χ3n) is 2.69. The highest BCUT2D eigenvalue weighted by atomic mass is 16.4. The molecule has 0 amide bonds. The van der Waals surface area contributed by atoms with Crippen molar-refractivity contribution >= 4 is 5.97 Å². The lowest BCUT2D eigenvalue weighted by molar-refractivity contribution is 0.0697. The topological polar surface area (TPSA) is 83.0 Å². The van der Waals surface area contributed by atoms with Crippen molar-refractivity contribution in [1.29, 1.82) is 0 Å². The van der Waals surface area contributed by atoms with Crippen molar-refractivity contribution in [3.8, 4) is 11.3 Å². The minimum Gasteiger partial charge on any atom is -0.478 e. The van der Waals surface area contributed by atoms with Gasteiger partial charge in [0.15, 0.2) is 0 Å². The van der Waals surface area contributed by atoms with E-state index in [1.807, 2.05) is 26.0 Å². The van der Waals surface area contributed by atoms with Crippen LogP contribution in [0.15, 0.2) is 29.2 Å². The predicted molar refractivity (Wildman–Crippen MR) is 66.7 cm³/mol. The summed E-state index contributed by atoms with van der Waals surface area (Å²) in [5.74, 6) is -1.12. The molecule has 0 unspecified atom stereocenters. The van der Waals surface area contributed by atoms with Gasteiger partial charge in [0.25, 0.3) is 0 Å². The van der Waals surface area contributed by atoms with Gasteiger partial charge in [-0.25, -0.2) is 14.6 Å². The molecule has 1 heterocycles. The fraction of sp³-hybridized carbons (Fsp3) is 0.154. The fourth-order valence-electron chi connectivity index (χ4n) is 1.86. The van der Waals surface area contributed by atoms with Gasteiger partial charge in [0.05, 0.1) is 5.69 Å². The van der Waals surface area contributed by atoms with Crippen LogP contribution in [-0.4, -0.2) is 21.0 Å². The number of rotatable bonds is 2. The molecule has 92 valence electrons. The van der Waals surface area contributed by atoms with Crippen LogP contribution in [0.1, 0.15) is 21.5 Å². The minimum absolute atomic E-state index is 0.0125. The number of carboxylic acid groups (broad SMARTS) is 1. The molecule has 0 spiro atoms. The third-order valence-corrected chi connectivity index (χ3v) is 2.69. The summed E-state index contributed by atoms with van der Waals surface area (Å²) >= 11 is 0. The molecule has 5 nitrogen and oxygen atoms in total. The van der Waals surface area contributed by atoms with Crippen molar-refractivity contribution in [3.63, 3.8) is 0 Å².